The molecule has 2 bridgehead atoms. The van der Waals surface area contributed by atoms with E-state index in [1.165, 1.54) is 7.11 Å². The summed E-state index contributed by atoms with van der Waals surface area (Å²) in [6.45, 7) is 5.28. The van der Waals surface area contributed by atoms with E-state index in [1.54, 1.807) is 45.0 Å². The van der Waals surface area contributed by atoms with Crippen LogP contribution in [0.25, 0.3) is 0 Å². The summed E-state index contributed by atoms with van der Waals surface area (Å²) < 4.78 is 5.03. The van der Waals surface area contributed by atoms with E-state index in [2.05, 4.69) is 10.9 Å². The molecule has 2 atom stereocenters. The summed E-state index contributed by atoms with van der Waals surface area (Å²) in [5.74, 6) is -1.71. The van der Waals surface area contributed by atoms with Crippen molar-refractivity contribution < 1.29 is 23.9 Å². The largest absolute Gasteiger partial charge is 0.497 e. The van der Waals surface area contributed by atoms with Crippen molar-refractivity contribution in [3.8, 4) is 5.75 Å². The monoisotopic (exact) mass is 358 g/mol. The second-order valence-corrected chi connectivity index (χ2v) is 7.66. The number of hydrogen-bond acceptors (Lipinski definition) is 5. The molecule has 2 aliphatic carbocycles. The fraction of sp³-hybridized carbons (Fsp3) is 0.474. The number of ketones is 2. The van der Waals surface area contributed by atoms with Crippen molar-refractivity contribution in [2.45, 2.75) is 33.6 Å². The average Bonchev–Trinajstić information content (AvgIpc) is 2.91. The van der Waals surface area contributed by atoms with Crippen LogP contribution in [-0.2, 0) is 14.4 Å². The van der Waals surface area contributed by atoms with Gasteiger partial charge in [-0.25, -0.2) is 0 Å². The minimum atomic E-state index is -1.44. The van der Waals surface area contributed by atoms with Crippen LogP contribution in [0.4, 0.5) is 0 Å². The lowest BCUT2D eigenvalue weighted by atomic mass is 9.64. The number of ether oxygens (including phenoxy) is 1. The Kier molecular flexibility index (Phi) is 3.94. The highest BCUT2D eigenvalue weighted by molar-refractivity contribution is 6.48. The number of hydrazine groups is 1. The third kappa shape index (κ3) is 2.06. The van der Waals surface area contributed by atoms with Crippen LogP contribution < -0.4 is 15.6 Å². The average molecular weight is 358 g/mol. The van der Waals surface area contributed by atoms with Crippen molar-refractivity contribution in [1.82, 2.24) is 10.9 Å². The summed E-state index contributed by atoms with van der Waals surface area (Å²) in [5, 5.41) is 0. The first-order valence-corrected chi connectivity index (χ1v) is 8.46. The van der Waals surface area contributed by atoms with Crippen LogP contribution in [0.2, 0.25) is 0 Å². The molecule has 0 aliphatic heterocycles. The molecule has 2 unspecified atom stereocenters. The zero-order valence-electron chi connectivity index (χ0n) is 15.3. The van der Waals surface area contributed by atoms with E-state index in [0.29, 0.717) is 24.2 Å². The summed E-state index contributed by atoms with van der Waals surface area (Å²) in [6, 6.07) is 6.36. The quantitative estimate of drug-likeness (QED) is 0.483. The summed E-state index contributed by atoms with van der Waals surface area (Å²) in [6.07, 6.45) is 0.774. The van der Waals surface area contributed by atoms with Gasteiger partial charge in [-0.05, 0) is 42.5 Å². The van der Waals surface area contributed by atoms with Crippen molar-refractivity contribution in [2.75, 3.05) is 7.11 Å². The summed E-state index contributed by atoms with van der Waals surface area (Å²) in [7, 11) is 1.52. The highest BCUT2D eigenvalue weighted by Gasteiger charge is 2.77. The Morgan fingerprint density at radius 1 is 0.962 bits per heavy atom. The van der Waals surface area contributed by atoms with Crippen LogP contribution in [0, 0.1) is 16.2 Å². The fourth-order valence-corrected chi connectivity index (χ4v) is 4.31. The molecule has 1 aromatic rings. The Morgan fingerprint density at radius 2 is 1.58 bits per heavy atom. The van der Waals surface area contributed by atoms with E-state index in [0.717, 1.165) is 0 Å². The first kappa shape index (κ1) is 18.1. The molecular formula is C19H22N2O5. The van der Waals surface area contributed by atoms with Gasteiger partial charge in [0.15, 0.2) is 0 Å². The maximum absolute atomic E-state index is 12.9. The molecule has 2 amide bonds. The van der Waals surface area contributed by atoms with Crippen molar-refractivity contribution in [2.24, 2.45) is 16.2 Å². The molecule has 7 nitrogen and oxygen atoms in total. The number of nitrogens with one attached hydrogen (secondary N) is 2. The van der Waals surface area contributed by atoms with E-state index in [1.807, 2.05) is 0 Å². The maximum atomic E-state index is 12.9. The van der Waals surface area contributed by atoms with Crippen LogP contribution in [0.1, 0.15) is 44.0 Å². The van der Waals surface area contributed by atoms with Crippen LogP contribution in [0.3, 0.4) is 0 Å². The maximum Gasteiger partial charge on any atom is 0.269 e. The number of hydrogen-bond donors (Lipinski definition) is 2. The van der Waals surface area contributed by atoms with Crippen LogP contribution in [0.5, 0.6) is 5.75 Å². The molecule has 26 heavy (non-hydrogen) atoms. The zero-order valence-corrected chi connectivity index (χ0v) is 15.3. The number of Topliss-reactive ketones (excluding diaryl/α,β-unsaturated/α-hetero) is 2. The Bertz CT molecular complexity index is 814. The van der Waals surface area contributed by atoms with E-state index in [4.69, 9.17) is 4.74 Å². The number of fused-ring (bicyclic) bond motifs is 2. The minimum Gasteiger partial charge on any atom is -0.497 e. The third-order valence-electron chi connectivity index (χ3n) is 6.57. The van der Waals surface area contributed by atoms with Crippen molar-refractivity contribution in [3.63, 3.8) is 0 Å². The van der Waals surface area contributed by atoms with Gasteiger partial charge in [-0.15, -0.1) is 0 Å². The van der Waals surface area contributed by atoms with Crippen molar-refractivity contribution in [3.05, 3.63) is 29.8 Å². The smallest absolute Gasteiger partial charge is 0.269 e. The van der Waals surface area contributed by atoms with Gasteiger partial charge in [0.1, 0.15) is 11.2 Å². The second-order valence-electron chi connectivity index (χ2n) is 7.66. The predicted octanol–water partition coefficient (Wildman–Crippen LogP) is 1.42. The van der Waals surface area contributed by atoms with Gasteiger partial charge in [-0.2, -0.15) is 0 Å². The SMILES string of the molecule is COc1ccc(C(=O)NNC(=O)C23CCC(C)(C(=O)C2=O)C3(C)C)cc1. The van der Waals surface area contributed by atoms with E-state index in [9.17, 15) is 19.2 Å². The van der Waals surface area contributed by atoms with Crippen molar-refractivity contribution in [1.29, 1.82) is 0 Å². The van der Waals surface area contributed by atoms with Gasteiger partial charge in [-0.1, -0.05) is 20.8 Å². The summed E-state index contributed by atoms with van der Waals surface area (Å²) >= 11 is 0. The first-order chi connectivity index (χ1) is 12.1. The molecule has 0 spiro atoms. The minimum absolute atomic E-state index is 0.297. The second kappa shape index (κ2) is 5.65. The Labute approximate surface area is 151 Å². The molecule has 0 saturated heterocycles. The molecule has 2 aliphatic rings. The number of carbonyl (C=O) groups is 4. The van der Waals surface area contributed by atoms with Gasteiger partial charge >= 0.3 is 0 Å². The van der Waals surface area contributed by atoms with E-state index < -0.39 is 39.6 Å². The third-order valence-corrected chi connectivity index (χ3v) is 6.57. The highest BCUT2D eigenvalue weighted by Crippen LogP contribution is 2.68. The van der Waals surface area contributed by atoms with E-state index >= 15 is 0 Å². The number of carbonyl (C=O) groups excluding carboxylic acids is 4. The standard InChI is InChI=1S/C19H22N2O5/c1-17(2)18(3)9-10-19(17,14(23)13(18)22)16(25)21-20-15(24)11-5-7-12(26-4)8-6-11/h5-8H,9-10H2,1-4H3,(H,20,24)(H,21,25). The molecule has 1 aromatic carbocycles. The molecule has 0 heterocycles. The Morgan fingerprint density at radius 3 is 2.08 bits per heavy atom. The van der Waals surface area contributed by atoms with Gasteiger partial charge in [0, 0.05) is 11.0 Å². The summed E-state index contributed by atoms with van der Waals surface area (Å²) in [5.41, 5.74) is 1.91. The van der Waals surface area contributed by atoms with Gasteiger partial charge < -0.3 is 4.74 Å². The fourth-order valence-electron chi connectivity index (χ4n) is 4.31. The molecule has 0 radical (unpaired) electrons. The molecule has 0 aromatic heterocycles. The van der Waals surface area contributed by atoms with Gasteiger partial charge in [0.2, 0.25) is 11.6 Å². The highest BCUT2D eigenvalue weighted by atomic mass is 16.5. The lowest BCUT2D eigenvalue weighted by molar-refractivity contribution is -0.149. The molecule has 2 saturated carbocycles. The normalized spacial score (nSPS) is 28.8. The predicted molar refractivity (Wildman–Crippen MR) is 92.2 cm³/mol. The number of benzene rings is 1. The van der Waals surface area contributed by atoms with Gasteiger partial charge in [0.05, 0.1) is 7.11 Å². The molecular weight excluding hydrogens is 336 g/mol. The van der Waals surface area contributed by atoms with Gasteiger partial charge in [0.25, 0.3) is 11.8 Å². The van der Waals surface area contributed by atoms with Crippen molar-refractivity contribution >= 4 is 23.4 Å². The van der Waals surface area contributed by atoms with E-state index in [-0.39, 0.29) is 0 Å². The van der Waals surface area contributed by atoms with Crippen LogP contribution >= 0.6 is 0 Å². The Balaban J connectivity index is 1.77. The molecule has 3 rings (SSSR count). The zero-order chi connectivity index (χ0) is 19.3. The Hall–Kier alpha value is -2.70. The van der Waals surface area contributed by atoms with Crippen LogP contribution in [-0.4, -0.2) is 30.5 Å². The molecule has 7 heteroatoms. The number of amides is 2. The van der Waals surface area contributed by atoms with Gasteiger partial charge in [-0.3, -0.25) is 30.0 Å². The summed E-state index contributed by atoms with van der Waals surface area (Å²) in [4.78, 5) is 50.1. The van der Waals surface area contributed by atoms with Crippen LogP contribution in [0.15, 0.2) is 24.3 Å². The lowest BCUT2D eigenvalue weighted by Crippen LogP contribution is -2.55. The molecule has 2 N–H and O–H groups in total. The first-order valence-electron chi connectivity index (χ1n) is 8.46. The lowest BCUT2D eigenvalue weighted by Gasteiger charge is -2.36. The topological polar surface area (TPSA) is 102 Å². The molecule has 2 fully saturated rings. The number of methoxy groups -OCH3 is 1. The number of rotatable bonds is 3. The molecule has 138 valence electrons.